The van der Waals surface area contributed by atoms with Crippen molar-refractivity contribution in [2.24, 2.45) is 11.3 Å². The molecule has 1 aliphatic heterocycles. The van der Waals surface area contributed by atoms with Crippen LogP contribution in [0.15, 0.2) is 36.2 Å². The summed E-state index contributed by atoms with van der Waals surface area (Å²) in [5.41, 5.74) is 7.31. The van der Waals surface area contributed by atoms with Crippen molar-refractivity contribution in [3.63, 3.8) is 0 Å². The van der Waals surface area contributed by atoms with Crippen LogP contribution in [0.25, 0.3) is 0 Å². The van der Waals surface area contributed by atoms with E-state index >= 15 is 0 Å². The number of anilines is 1. The molecule has 2 atom stereocenters. The van der Waals surface area contributed by atoms with E-state index in [2.05, 4.69) is 95.8 Å². The molecule has 0 saturated carbocycles. The molecule has 1 aromatic carbocycles. The minimum absolute atomic E-state index is 0.115. The number of aryl methyl sites for hydroxylation is 3. The standard InChI is InChI=1S/C23H34N2/c1-16-11-18(3)21(19(4)12-16)24-9-10-25(15-24)23(8)20(5)13-17(2)14-22(23,6)7/h9-13,20H,14-15H2,1-8H3. The SMILES string of the molecule is CC1=CC(C)C(C)(N2C=CN(c3c(C)cc(C)cc3C)C2)C(C)(C)C1. The Balaban J connectivity index is 1.93. The fourth-order valence-corrected chi connectivity index (χ4v) is 5.28. The van der Waals surface area contributed by atoms with Gasteiger partial charge in [-0.15, -0.1) is 0 Å². The summed E-state index contributed by atoms with van der Waals surface area (Å²) in [5, 5.41) is 0. The zero-order chi connectivity index (χ0) is 18.6. The minimum Gasteiger partial charge on any atom is -0.352 e. The number of benzene rings is 1. The molecule has 1 heterocycles. The van der Waals surface area contributed by atoms with E-state index in [0.717, 1.165) is 6.67 Å². The second kappa shape index (κ2) is 5.93. The molecule has 0 spiro atoms. The summed E-state index contributed by atoms with van der Waals surface area (Å²) in [5.74, 6) is 0.529. The van der Waals surface area contributed by atoms with Crippen molar-refractivity contribution in [2.45, 2.75) is 67.3 Å². The topological polar surface area (TPSA) is 6.48 Å². The van der Waals surface area contributed by atoms with Crippen LogP contribution in [-0.2, 0) is 0 Å². The average molecular weight is 339 g/mol. The van der Waals surface area contributed by atoms with Gasteiger partial charge in [-0.25, -0.2) is 0 Å². The Hall–Kier alpha value is -1.70. The summed E-state index contributed by atoms with van der Waals surface area (Å²) < 4.78 is 0. The first-order valence-electron chi connectivity index (χ1n) is 9.53. The second-order valence-corrected chi connectivity index (χ2v) is 9.14. The largest absolute Gasteiger partial charge is 0.352 e. The molecular formula is C23H34N2. The molecular weight excluding hydrogens is 304 g/mol. The molecule has 0 bridgehead atoms. The molecule has 0 N–H and O–H groups in total. The van der Waals surface area contributed by atoms with Crippen molar-refractivity contribution in [1.82, 2.24) is 4.90 Å². The van der Waals surface area contributed by atoms with Gasteiger partial charge in [0.25, 0.3) is 0 Å². The van der Waals surface area contributed by atoms with E-state index in [9.17, 15) is 0 Å². The average Bonchev–Trinajstić information content (AvgIpc) is 2.92. The highest BCUT2D eigenvalue weighted by molar-refractivity contribution is 5.62. The van der Waals surface area contributed by atoms with E-state index in [1.54, 1.807) is 0 Å². The van der Waals surface area contributed by atoms with Gasteiger partial charge in [-0.1, -0.05) is 50.1 Å². The van der Waals surface area contributed by atoms with Gasteiger partial charge in [-0.3, -0.25) is 0 Å². The first-order chi connectivity index (χ1) is 11.6. The van der Waals surface area contributed by atoms with Crippen LogP contribution < -0.4 is 4.90 Å². The lowest BCUT2D eigenvalue weighted by molar-refractivity contribution is -0.00242. The molecule has 0 radical (unpaired) electrons. The van der Waals surface area contributed by atoms with E-state index in [1.165, 1.54) is 34.4 Å². The summed E-state index contributed by atoms with van der Waals surface area (Å²) in [6, 6.07) is 4.58. The zero-order valence-electron chi connectivity index (χ0n) is 17.3. The summed E-state index contributed by atoms with van der Waals surface area (Å²) in [6.45, 7) is 19.5. The lowest BCUT2D eigenvalue weighted by Gasteiger charge is -2.56. The molecule has 2 unspecified atom stereocenters. The van der Waals surface area contributed by atoms with Gasteiger partial charge in [0.2, 0.25) is 0 Å². The van der Waals surface area contributed by atoms with Crippen molar-refractivity contribution in [3.8, 4) is 0 Å². The Morgan fingerprint density at radius 2 is 1.56 bits per heavy atom. The maximum absolute atomic E-state index is 2.57. The molecule has 0 saturated heterocycles. The van der Waals surface area contributed by atoms with Gasteiger partial charge in [0, 0.05) is 18.1 Å². The quantitative estimate of drug-likeness (QED) is 0.616. The van der Waals surface area contributed by atoms with Crippen molar-refractivity contribution in [3.05, 3.63) is 52.9 Å². The Morgan fingerprint density at radius 1 is 0.960 bits per heavy atom. The Morgan fingerprint density at radius 3 is 2.12 bits per heavy atom. The third kappa shape index (κ3) is 2.80. The molecule has 0 fully saturated rings. The monoisotopic (exact) mass is 338 g/mol. The van der Waals surface area contributed by atoms with Crippen LogP contribution in [0.5, 0.6) is 0 Å². The lowest BCUT2D eigenvalue weighted by atomic mass is 9.59. The van der Waals surface area contributed by atoms with Gasteiger partial charge in [-0.05, 0) is 63.5 Å². The van der Waals surface area contributed by atoms with Gasteiger partial charge in [0.1, 0.15) is 0 Å². The van der Waals surface area contributed by atoms with Crippen LogP contribution in [-0.4, -0.2) is 17.1 Å². The van der Waals surface area contributed by atoms with E-state index in [1.807, 2.05) is 0 Å². The highest BCUT2D eigenvalue weighted by Crippen LogP contribution is 2.50. The third-order valence-electron chi connectivity index (χ3n) is 6.76. The van der Waals surface area contributed by atoms with Crippen molar-refractivity contribution in [1.29, 1.82) is 0 Å². The normalized spacial score (nSPS) is 28.5. The van der Waals surface area contributed by atoms with Crippen molar-refractivity contribution in [2.75, 3.05) is 11.6 Å². The van der Waals surface area contributed by atoms with Gasteiger partial charge in [0.05, 0.1) is 12.2 Å². The fourth-order valence-electron chi connectivity index (χ4n) is 5.28. The van der Waals surface area contributed by atoms with Crippen LogP contribution in [0, 0.1) is 32.1 Å². The molecule has 0 aromatic heterocycles. The first-order valence-corrected chi connectivity index (χ1v) is 9.53. The Bertz CT molecular complexity index is 717. The molecule has 25 heavy (non-hydrogen) atoms. The van der Waals surface area contributed by atoms with E-state index < -0.39 is 0 Å². The number of hydrogen-bond donors (Lipinski definition) is 0. The highest BCUT2D eigenvalue weighted by atomic mass is 15.4. The second-order valence-electron chi connectivity index (χ2n) is 9.14. The predicted octanol–water partition coefficient (Wildman–Crippen LogP) is 5.93. The summed E-state index contributed by atoms with van der Waals surface area (Å²) >= 11 is 0. The lowest BCUT2D eigenvalue weighted by Crippen LogP contribution is -2.59. The molecule has 1 aromatic rings. The minimum atomic E-state index is 0.115. The Labute approximate surface area is 154 Å². The Kier molecular flexibility index (Phi) is 4.29. The van der Waals surface area contributed by atoms with Crippen LogP contribution in [0.3, 0.4) is 0 Å². The van der Waals surface area contributed by atoms with Crippen LogP contribution >= 0.6 is 0 Å². The van der Waals surface area contributed by atoms with Crippen molar-refractivity contribution < 1.29 is 0 Å². The molecule has 2 heteroatoms. The molecule has 2 nitrogen and oxygen atoms in total. The van der Waals surface area contributed by atoms with Crippen molar-refractivity contribution >= 4 is 5.69 Å². The fraction of sp³-hybridized carbons (Fsp3) is 0.565. The number of rotatable bonds is 2. The van der Waals surface area contributed by atoms with Gasteiger partial charge < -0.3 is 9.80 Å². The number of allylic oxidation sites excluding steroid dienone is 1. The highest BCUT2D eigenvalue weighted by Gasteiger charge is 2.50. The molecule has 3 rings (SSSR count). The van der Waals surface area contributed by atoms with Crippen LogP contribution in [0.1, 0.15) is 57.7 Å². The van der Waals surface area contributed by atoms with Gasteiger partial charge in [0.15, 0.2) is 0 Å². The zero-order valence-corrected chi connectivity index (χ0v) is 17.3. The van der Waals surface area contributed by atoms with Crippen LogP contribution in [0.4, 0.5) is 5.69 Å². The first kappa shape index (κ1) is 18.1. The van der Waals surface area contributed by atoms with Crippen LogP contribution in [0.2, 0.25) is 0 Å². The predicted molar refractivity (Wildman–Crippen MR) is 109 cm³/mol. The van der Waals surface area contributed by atoms with E-state index in [-0.39, 0.29) is 11.0 Å². The smallest absolute Gasteiger partial charge is 0.0947 e. The molecule has 2 aliphatic rings. The summed E-state index contributed by atoms with van der Waals surface area (Å²) in [4.78, 5) is 4.99. The summed E-state index contributed by atoms with van der Waals surface area (Å²) in [7, 11) is 0. The number of hydrogen-bond acceptors (Lipinski definition) is 2. The summed E-state index contributed by atoms with van der Waals surface area (Å²) in [6.07, 6.45) is 8.22. The van der Waals surface area contributed by atoms with Gasteiger partial charge >= 0.3 is 0 Å². The molecule has 136 valence electrons. The maximum atomic E-state index is 2.57. The molecule has 1 aliphatic carbocycles. The molecule has 0 amide bonds. The van der Waals surface area contributed by atoms with E-state index in [0.29, 0.717) is 5.92 Å². The number of nitrogens with zero attached hydrogens (tertiary/aromatic N) is 2. The maximum Gasteiger partial charge on any atom is 0.0947 e. The van der Waals surface area contributed by atoms with E-state index in [4.69, 9.17) is 0 Å². The third-order valence-corrected chi connectivity index (χ3v) is 6.76. The van der Waals surface area contributed by atoms with Gasteiger partial charge in [-0.2, -0.15) is 0 Å².